The minimum atomic E-state index is -0.0281. The van der Waals surface area contributed by atoms with Gasteiger partial charge in [0.1, 0.15) is 11.5 Å². The van der Waals surface area contributed by atoms with Crippen LogP contribution in [0.15, 0.2) is 33.9 Å². The lowest BCUT2D eigenvalue weighted by Crippen LogP contribution is -2.22. The number of oxazole rings is 1. The van der Waals surface area contributed by atoms with Crippen LogP contribution in [0.4, 0.5) is 0 Å². The van der Waals surface area contributed by atoms with Gasteiger partial charge in [-0.25, -0.2) is 4.98 Å². The van der Waals surface area contributed by atoms with Gasteiger partial charge in [-0.05, 0) is 38.5 Å². The Kier molecular flexibility index (Phi) is 4.73. The Morgan fingerprint density at radius 1 is 1.35 bits per heavy atom. The van der Waals surface area contributed by atoms with E-state index in [1.807, 2.05) is 45.0 Å². The molecule has 2 N–H and O–H groups in total. The lowest BCUT2D eigenvalue weighted by atomic mass is 10.1. The molecule has 0 fully saturated rings. The van der Waals surface area contributed by atoms with Crippen LogP contribution in [0.25, 0.3) is 0 Å². The molecule has 108 valence electrons. The van der Waals surface area contributed by atoms with Crippen molar-refractivity contribution in [3.8, 4) is 5.75 Å². The van der Waals surface area contributed by atoms with E-state index < -0.39 is 0 Å². The molecule has 2 rings (SSSR count). The molecule has 0 spiro atoms. The van der Waals surface area contributed by atoms with E-state index in [-0.39, 0.29) is 11.3 Å². The summed E-state index contributed by atoms with van der Waals surface area (Å²) >= 11 is 1.55. The molecule has 0 saturated heterocycles. The van der Waals surface area contributed by atoms with Crippen molar-refractivity contribution < 1.29 is 9.15 Å². The second-order valence-corrected chi connectivity index (χ2v) is 5.89. The number of hydrogen-bond acceptors (Lipinski definition) is 5. The molecular weight excluding hydrogens is 272 g/mol. The number of aryl methyl sites for hydroxylation is 2. The molecule has 0 saturated carbocycles. The second-order valence-electron chi connectivity index (χ2n) is 4.80. The Balaban J connectivity index is 2.26. The zero-order valence-electron chi connectivity index (χ0n) is 12.2. The molecule has 20 heavy (non-hydrogen) atoms. The first-order valence-electron chi connectivity index (χ1n) is 6.51. The Hall–Kier alpha value is -1.46. The fourth-order valence-electron chi connectivity index (χ4n) is 1.90. The van der Waals surface area contributed by atoms with Crippen LogP contribution < -0.4 is 10.5 Å². The van der Waals surface area contributed by atoms with Crippen LogP contribution in [0.2, 0.25) is 0 Å². The van der Waals surface area contributed by atoms with Gasteiger partial charge in [0.2, 0.25) is 0 Å². The number of methoxy groups -OCH3 is 1. The number of benzene rings is 1. The number of nitrogens with two attached hydrogens (primary N) is 1. The van der Waals surface area contributed by atoms with Crippen LogP contribution in [-0.4, -0.2) is 18.1 Å². The van der Waals surface area contributed by atoms with Crippen LogP contribution in [0, 0.1) is 13.8 Å². The largest absolute Gasteiger partial charge is 0.497 e. The number of hydrogen-bond donors (Lipinski definition) is 1. The van der Waals surface area contributed by atoms with Gasteiger partial charge in [0.05, 0.1) is 18.1 Å². The predicted molar refractivity (Wildman–Crippen MR) is 81.2 cm³/mol. The molecule has 5 heteroatoms. The summed E-state index contributed by atoms with van der Waals surface area (Å²) in [7, 11) is 1.66. The van der Waals surface area contributed by atoms with E-state index in [0.717, 1.165) is 22.8 Å². The lowest BCUT2D eigenvalue weighted by molar-refractivity contribution is 0.414. The average Bonchev–Trinajstić information content (AvgIpc) is 2.74. The van der Waals surface area contributed by atoms with Crippen molar-refractivity contribution in [2.75, 3.05) is 7.11 Å². The van der Waals surface area contributed by atoms with Crippen molar-refractivity contribution in [1.29, 1.82) is 0 Å². The van der Waals surface area contributed by atoms with Gasteiger partial charge in [-0.3, -0.25) is 0 Å². The normalized spacial score (nSPS) is 14.1. The van der Waals surface area contributed by atoms with E-state index in [1.165, 1.54) is 0 Å². The van der Waals surface area contributed by atoms with E-state index >= 15 is 0 Å². The van der Waals surface area contributed by atoms with Crippen molar-refractivity contribution in [1.82, 2.24) is 4.98 Å². The third-order valence-corrected chi connectivity index (χ3v) is 4.47. The monoisotopic (exact) mass is 292 g/mol. The molecule has 0 bridgehead atoms. The molecule has 2 aromatic rings. The van der Waals surface area contributed by atoms with Gasteiger partial charge in [0.15, 0.2) is 0 Å². The maximum Gasteiger partial charge on any atom is 0.256 e. The zero-order valence-corrected chi connectivity index (χ0v) is 13.0. The molecule has 0 aliphatic carbocycles. The maximum atomic E-state index is 6.12. The topological polar surface area (TPSA) is 61.3 Å². The van der Waals surface area contributed by atoms with Crippen LogP contribution >= 0.6 is 11.8 Å². The van der Waals surface area contributed by atoms with Crippen molar-refractivity contribution in [2.24, 2.45) is 5.73 Å². The van der Waals surface area contributed by atoms with Crippen molar-refractivity contribution in [3.05, 3.63) is 41.3 Å². The quantitative estimate of drug-likeness (QED) is 0.855. The van der Waals surface area contributed by atoms with Crippen LogP contribution in [0.3, 0.4) is 0 Å². The maximum absolute atomic E-state index is 6.12. The third kappa shape index (κ3) is 3.35. The molecule has 1 aromatic carbocycles. The third-order valence-electron chi connectivity index (χ3n) is 3.14. The van der Waals surface area contributed by atoms with Gasteiger partial charge < -0.3 is 14.9 Å². The number of rotatable bonds is 5. The van der Waals surface area contributed by atoms with Crippen LogP contribution in [-0.2, 0) is 0 Å². The van der Waals surface area contributed by atoms with E-state index in [2.05, 4.69) is 4.98 Å². The number of thioether (sulfide) groups is 1. The standard InChI is InChI=1S/C15H20N2O2S/c1-9(16)14(12-6-5-7-13(8-12)18-4)20-15-17-10(2)11(3)19-15/h5-9,14H,16H2,1-4H3. The Bertz CT molecular complexity index is 562. The van der Waals surface area contributed by atoms with Gasteiger partial charge in [-0.1, -0.05) is 23.9 Å². The molecule has 0 aliphatic heterocycles. The average molecular weight is 292 g/mol. The number of aromatic nitrogens is 1. The zero-order chi connectivity index (χ0) is 14.7. The number of nitrogens with zero attached hydrogens (tertiary/aromatic N) is 1. The lowest BCUT2D eigenvalue weighted by Gasteiger charge is -2.19. The minimum absolute atomic E-state index is 0.0281. The Labute approximate surface area is 123 Å². The summed E-state index contributed by atoms with van der Waals surface area (Å²) in [5.74, 6) is 1.68. The first-order valence-corrected chi connectivity index (χ1v) is 7.39. The highest BCUT2D eigenvalue weighted by molar-refractivity contribution is 7.99. The van der Waals surface area contributed by atoms with E-state index in [1.54, 1.807) is 18.9 Å². The fraction of sp³-hybridized carbons (Fsp3) is 0.400. The summed E-state index contributed by atoms with van der Waals surface area (Å²) in [5, 5.41) is 0.729. The van der Waals surface area contributed by atoms with Crippen LogP contribution in [0.5, 0.6) is 5.75 Å². The molecule has 1 heterocycles. The molecule has 0 aliphatic rings. The molecule has 1 aromatic heterocycles. The second kappa shape index (κ2) is 6.33. The van der Waals surface area contributed by atoms with Gasteiger partial charge in [-0.15, -0.1) is 0 Å². The van der Waals surface area contributed by atoms with Crippen molar-refractivity contribution >= 4 is 11.8 Å². The summed E-state index contributed by atoms with van der Waals surface area (Å²) in [5.41, 5.74) is 8.15. The first kappa shape index (κ1) is 14.9. The highest BCUT2D eigenvalue weighted by Gasteiger charge is 2.21. The smallest absolute Gasteiger partial charge is 0.256 e. The fourth-order valence-corrected chi connectivity index (χ4v) is 2.98. The summed E-state index contributed by atoms with van der Waals surface area (Å²) < 4.78 is 10.9. The summed E-state index contributed by atoms with van der Waals surface area (Å²) in [4.78, 5) is 4.41. The van der Waals surface area contributed by atoms with Gasteiger partial charge >= 0.3 is 0 Å². The van der Waals surface area contributed by atoms with E-state index in [9.17, 15) is 0 Å². The molecule has 2 unspecified atom stereocenters. The Morgan fingerprint density at radius 3 is 2.65 bits per heavy atom. The number of ether oxygens (including phenoxy) is 1. The van der Waals surface area contributed by atoms with E-state index in [4.69, 9.17) is 14.9 Å². The molecule has 2 atom stereocenters. The highest BCUT2D eigenvalue weighted by atomic mass is 32.2. The van der Waals surface area contributed by atoms with Crippen molar-refractivity contribution in [2.45, 2.75) is 37.3 Å². The van der Waals surface area contributed by atoms with Gasteiger partial charge in [0.25, 0.3) is 5.22 Å². The predicted octanol–water partition coefficient (Wildman–Crippen LogP) is 3.48. The van der Waals surface area contributed by atoms with Gasteiger partial charge in [0, 0.05) is 6.04 Å². The summed E-state index contributed by atoms with van der Waals surface area (Å²) in [6.07, 6.45) is 0. The first-order chi connectivity index (χ1) is 9.51. The molecule has 4 nitrogen and oxygen atoms in total. The van der Waals surface area contributed by atoms with Gasteiger partial charge in [-0.2, -0.15) is 0 Å². The highest BCUT2D eigenvalue weighted by Crippen LogP contribution is 2.38. The Morgan fingerprint density at radius 2 is 2.10 bits per heavy atom. The SMILES string of the molecule is COc1cccc(C(Sc2nc(C)c(C)o2)C(C)N)c1. The summed E-state index contributed by atoms with van der Waals surface area (Å²) in [6.45, 7) is 5.84. The van der Waals surface area contributed by atoms with E-state index in [0.29, 0.717) is 5.22 Å². The molecular formula is C15H20N2O2S. The molecule has 0 amide bonds. The summed E-state index contributed by atoms with van der Waals surface area (Å²) in [6, 6.07) is 7.91. The van der Waals surface area contributed by atoms with Crippen LogP contribution in [0.1, 0.15) is 29.2 Å². The molecule has 0 radical (unpaired) electrons. The van der Waals surface area contributed by atoms with Crippen molar-refractivity contribution in [3.63, 3.8) is 0 Å². The minimum Gasteiger partial charge on any atom is -0.497 e.